The Morgan fingerprint density at radius 3 is 2.19 bits per heavy atom. The van der Waals surface area contributed by atoms with Crippen molar-refractivity contribution in [2.45, 2.75) is 77.2 Å². The van der Waals surface area contributed by atoms with Gasteiger partial charge in [-0.1, -0.05) is 88.3 Å². The summed E-state index contributed by atoms with van der Waals surface area (Å²) in [5.41, 5.74) is -1.42. The largest absolute Gasteiger partial charge is 0.436 e. The molecule has 0 fully saturated rings. The number of unbranched alkanes of at least 4 members (excludes halogenated alkanes) is 8. The number of aliphatic hydroxyl groups is 1. The van der Waals surface area contributed by atoms with E-state index in [1.165, 1.54) is 50.7 Å². The lowest BCUT2D eigenvalue weighted by atomic mass is 10.1. The number of carbonyl (C=O) groups excluding carboxylic acids is 2. The lowest BCUT2D eigenvalue weighted by molar-refractivity contribution is -0.111. The number of hydrogen-bond donors (Lipinski definition) is 2. The van der Waals surface area contributed by atoms with Gasteiger partial charge in [-0.05, 0) is 18.6 Å². The van der Waals surface area contributed by atoms with Crippen LogP contribution in [0.3, 0.4) is 0 Å². The van der Waals surface area contributed by atoms with Gasteiger partial charge in [0.25, 0.3) is 0 Å². The maximum Gasteiger partial charge on any atom is 0.436 e. The van der Waals surface area contributed by atoms with Crippen molar-refractivity contribution in [3.05, 3.63) is 30.3 Å². The first-order valence-electron chi connectivity index (χ1n) is 10.9. The molecule has 0 saturated carbocycles. The van der Waals surface area contributed by atoms with Gasteiger partial charge in [-0.25, -0.2) is 9.36 Å². The molecule has 2 unspecified atom stereocenters. The van der Waals surface area contributed by atoms with Crippen LogP contribution < -0.4 is 4.74 Å². The molecule has 0 aliphatic rings. The van der Waals surface area contributed by atoms with Crippen molar-refractivity contribution in [1.29, 1.82) is 0 Å². The molecular weight excluding hydrogens is 439 g/mol. The number of aliphatic hydroxyl groups excluding tert-OH is 1. The Hall–Kier alpha value is -1.18. The van der Waals surface area contributed by atoms with E-state index < -0.39 is 26.0 Å². The molecule has 2 atom stereocenters. The summed E-state index contributed by atoms with van der Waals surface area (Å²) in [7, 11) is -4.70. The van der Waals surface area contributed by atoms with Crippen LogP contribution in [-0.4, -0.2) is 39.3 Å². The molecule has 31 heavy (non-hydrogen) atoms. The molecule has 1 aromatic rings. The maximum atomic E-state index is 11.9. The minimum absolute atomic E-state index is 0.0299. The van der Waals surface area contributed by atoms with E-state index in [-0.39, 0.29) is 16.6 Å². The van der Waals surface area contributed by atoms with Gasteiger partial charge >= 0.3 is 13.3 Å². The first kappa shape index (κ1) is 27.9. The van der Waals surface area contributed by atoms with E-state index in [9.17, 15) is 24.2 Å². The Bertz CT molecular complexity index is 684. The minimum atomic E-state index is -4.70. The first-order valence-corrected chi connectivity index (χ1v) is 13.5. The third-order valence-corrected chi connectivity index (χ3v) is 6.67. The van der Waals surface area contributed by atoms with E-state index in [0.29, 0.717) is 6.42 Å². The summed E-state index contributed by atoms with van der Waals surface area (Å²) >= 11 is 0.967. The standard InChI is InChI=1S/C22H35O7PS/c1-2-3-4-5-6-7-8-9-13-16-21(24)31-18-19(23)17-28-30(26,27)22(25)29-20-14-11-10-12-15-20/h10-12,14-15,19,23H,2-9,13,16-18H2,1H3,(H,26,27). The van der Waals surface area contributed by atoms with Gasteiger partial charge in [0.2, 0.25) is 0 Å². The SMILES string of the molecule is CCCCCCCCCCCC(=O)SCC(O)COP(=O)(O)C(=O)Oc1ccccc1. The quantitative estimate of drug-likeness (QED) is 0.211. The van der Waals surface area contributed by atoms with Crippen LogP contribution in [0.4, 0.5) is 4.79 Å². The lowest BCUT2D eigenvalue weighted by Gasteiger charge is -2.14. The molecule has 0 heterocycles. The van der Waals surface area contributed by atoms with Gasteiger partial charge < -0.3 is 14.7 Å². The summed E-state index contributed by atoms with van der Waals surface area (Å²) in [4.78, 5) is 33.4. The summed E-state index contributed by atoms with van der Waals surface area (Å²) in [6.45, 7) is 1.66. The molecule has 0 amide bonds. The van der Waals surface area contributed by atoms with Gasteiger partial charge in [-0.15, -0.1) is 0 Å². The van der Waals surface area contributed by atoms with Crippen LogP contribution in [0.1, 0.15) is 71.1 Å². The number of thioether (sulfide) groups is 1. The molecule has 2 N–H and O–H groups in total. The van der Waals surface area contributed by atoms with Crippen molar-refractivity contribution in [2.75, 3.05) is 12.4 Å². The van der Waals surface area contributed by atoms with E-state index in [1.54, 1.807) is 18.2 Å². The van der Waals surface area contributed by atoms with Crippen LogP contribution in [0, 0.1) is 0 Å². The van der Waals surface area contributed by atoms with Crippen molar-refractivity contribution in [1.82, 2.24) is 0 Å². The molecule has 0 aliphatic heterocycles. The Balaban J connectivity index is 2.12. The highest BCUT2D eigenvalue weighted by Gasteiger charge is 2.34. The van der Waals surface area contributed by atoms with E-state index in [2.05, 4.69) is 11.4 Å². The first-order chi connectivity index (χ1) is 14.8. The second kappa shape index (κ2) is 16.5. The highest BCUT2D eigenvalue weighted by molar-refractivity contribution is 8.13. The monoisotopic (exact) mass is 474 g/mol. The molecule has 0 bridgehead atoms. The minimum Gasteiger partial charge on any atom is -0.417 e. The summed E-state index contributed by atoms with van der Waals surface area (Å²) in [5.74, 6) is 0.146. The van der Waals surface area contributed by atoms with Crippen LogP contribution in [-0.2, 0) is 13.9 Å². The molecule has 0 aromatic heterocycles. The summed E-state index contributed by atoms with van der Waals surface area (Å²) < 4.78 is 21.4. The van der Waals surface area contributed by atoms with Crippen molar-refractivity contribution < 1.29 is 33.4 Å². The zero-order chi connectivity index (χ0) is 23.0. The number of para-hydroxylation sites is 1. The highest BCUT2D eigenvalue weighted by Crippen LogP contribution is 2.44. The van der Waals surface area contributed by atoms with Crippen molar-refractivity contribution >= 4 is 30.2 Å². The molecule has 0 aliphatic carbocycles. The van der Waals surface area contributed by atoms with Crippen molar-refractivity contribution in [2.24, 2.45) is 0 Å². The molecule has 7 nitrogen and oxygen atoms in total. The zero-order valence-corrected chi connectivity index (χ0v) is 20.0. The van der Waals surface area contributed by atoms with Crippen LogP contribution in [0.25, 0.3) is 0 Å². The van der Waals surface area contributed by atoms with Gasteiger partial charge in [0.1, 0.15) is 5.75 Å². The van der Waals surface area contributed by atoms with Crippen LogP contribution in [0.2, 0.25) is 0 Å². The molecule has 1 rings (SSSR count). The van der Waals surface area contributed by atoms with Crippen molar-refractivity contribution in [3.63, 3.8) is 0 Å². The fraction of sp³-hybridized carbons (Fsp3) is 0.636. The maximum absolute atomic E-state index is 11.9. The number of ether oxygens (including phenoxy) is 1. The van der Waals surface area contributed by atoms with E-state index >= 15 is 0 Å². The second-order valence-corrected chi connectivity index (χ2v) is 10.2. The average molecular weight is 475 g/mol. The third-order valence-electron chi connectivity index (χ3n) is 4.54. The molecular formula is C22H35O7PS. The van der Waals surface area contributed by atoms with Gasteiger partial charge in [-0.2, -0.15) is 0 Å². The van der Waals surface area contributed by atoms with Crippen molar-refractivity contribution in [3.8, 4) is 5.75 Å². The van der Waals surface area contributed by atoms with Crippen LogP contribution in [0.5, 0.6) is 5.75 Å². The molecule has 1 aromatic carbocycles. The number of hydrogen-bond acceptors (Lipinski definition) is 7. The third kappa shape index (κ3) is 13.8. The predicted molar refractivity (Wildman–Crippen MR) is 124 cm³/mol. The normalized spacial score (nSPS) is 14.0. The number of benzene rings is 1. The molecule has 0 radical (unpaired) electrons. The molecule has 9 heteroatoms. The number of rotatable bonds is 17. The topological polar surface area (TPSA) is 110 Å². The summed E-state index contributed by atoms with van der Waals surface area (Å²) in [5, 5.41) is 9.85. The van der Waals surface area contributed by atoms with Gasteiger partial charge in [0.15, 0.2) is 5.12 Å². The summed E-state index contributed by atoms with van der Waals surface area (Å²) in [6.07, 6.45) is 9.86. The second-order valence-electron chi connectivity index (χ2n) is 7.41. The van der Waals surface area contributed by atoms with E-state index in [0.717, 1.165) is 31.0 Å². The van der Waals surface area contributed by atoms with Gasteiger partial charge in [0, 0.05) is 12.2 Å². The van der Waals surface area contributed by atoms with Crippen LogP contribution in [0.15, 0.2) is 30.3 Å². The lowest BCUT2D eigenvalue weighted by Crippen LogP contribution is -2.20. The fourth-order valence-electron chi connectivity index (χ4n) is 2.78. The molecule has 0 spiro atoms. The Kier molecular flexibility index (Phi) is 14.8. The smallest absolute Gasteiger partial charge is 0.417 e. The fourth-order valence-corrected chi connectivity index (χ4v) is 4.24. The average Bonchev–Trinajstić information content (AvgIpc) is 2.76. The Labute approximate surface area is 189 Å². The van der Waals surface area contributed by atoms with E-state index in [1.807, 2.05) is 0 Å². The number of carbonyl (C=O) groups is 2. The molecule has 0 saturated heterocycles. The Morgan fingerprint density at radius 2 is 1.58 bits per heavy atom. The van der Waals surface area contributed by atoms with Crippen LogP contribution >= 0.6 is 19.4 Å². The highest BCUT2D eigenvalue weighted by atomic mass is 32.2. The summed E-state index contributed by atoms with van der Waals surface area (Å²) in [6, 6.07) is 7.85. The molecule has 176 valence electrons. The Morgan fingerprint density at radius 1 is 1.00 bits per heavy atom. The van der Waals surface area contributed by atoms with Gasteiger partial charge in [0.05, 0.1) is 12.7 Å². The van der Waals surface area contributed by atoms with E-state index in [4.69, 9.17) is 4.74 Å². The van der Waals surface area contributed by atoms with Gasteiger partial charge in [-0.3, -0.25) is 9.32 Å². The predicted octanol–water partition coefficient (Wildman–Crippen LogP) is 5.93. The zero-order valence-electron chi connectivity index (χ0n) is 18.2.